The molecule has 0 radical (unpaired) electrons. The highest BCUT2D eigenvalue weighted by Gasteiger charge is 2.25. The molecule has 0 aliphatic carbocycles. The molecule has 1 saturated heterocycles. The molecule has 5 heteroatoms. The van der Waals surface area contributed by atoms with Crippen molar-refractivity contribution in [1.82, 2.24) is 9.80 Å². The van der Waals surface area contributed by atoms with E-state index in [-0.39, 0.29) is 12.1 Å². The Kier molecular flexibility index (Phi) is 6.02. The number of ether oxygens (including phenoxy) is 1. The second-order valence-corrected chi connectivity index (χ2v) is 5.51. The summed E-state index contributed by atoms with van der Waals surface area (Å²) in [4.78, 5) is 16.2. The molecule has 0 saturated carbocycles. The maximum atomic E-state index is 12.1. The SMILES string of the molecule is CN(C(=O)OCc1ccccc1)C1CCN(CCN)CC1. The molecule has 1 amide bonds. The first-order valence-corrected chi connectivity index (χ1v) is 7.56. The number of nitrogens with two attached hydrogens (primary N) is 1. The Morgan fingerprint density at radius 2 is 2.00 bits per heavy atom. The average Bonchev–Trinajstić information content (AvgIpc) is 2.54. The van der Waals surface area contributed by atoms with Crippen LogP contribution in [0.5, 0.6) is 0 Å². The lowest BCUT2D eigenvalue weighted by molar-refractivity contribution is 0.0729. The first-order chi connectivity index (χ1) is 10.2. The number of carbonyl (C=O) groups excluding carboxylic acids is 1. The van der Waals surface area contributed by atoms with Crippen LogP contribution < -0.4 is 5.73 Å². The van der Waals surface area contributed by atoms with Crippen LogP contribution >= 0.6 is 0 Å². The minimum atomic E-state index is -0.240. The van der Waals surface area contributed by atoms with Gasteiger partial charge < -0.3 is 20.3 Å². The summed E-state index contributed by atoms with van der Waals surface area (Å²) >= 11 is 0. The third kappa shape index (κ3) is 4.72. The standard InChI is InChI=1S/C16H25N3O2/c1-18(15-7-10-19(11-8-15)12-9-17)16(20)21-13-14-5-3-2-4-6-14/h2-6,15H,7-13,17H2,1H3. The fourth-order valence-corrected chi connectivity index (χ4v) is 2.68. The van der Waals surface area contributed by atoms with Gasteiger partial charge in [0.15, 0.2) is 0 Å². The number of hydrogen-bond acceptors (Lipinski definition) is 4. The first kappa shape index (κ1) is 15.8. The zero-order valence-electron chi connectivity index (χ0n) is 12.7. The maximum absolute atomic E-state index is 12.1. The van der Waals surface area contributed by atoms with E-state index in [1.807, 2.05) is 37.4 Å². The van der Waals surface area contributed by atoms with Crippen molar-refractivity contribution in [3.63, 3.8) is 0 Å². The summed E-state index contributed by atoms with van der Waals surface area (Å²) < 4.78 is 5.37. The van der Waals surface area contributed by atoms with Crippen molar-refractivity contribution in [2.45, 2.75) is 25.5 Å². The smallest absolute Gasteiger partial charge is 0.410 e. The van der Waals surface area contributed by atoms with Gasteiger partial charge in [-0.15, -0.1) is 0 Å². The average molecular weight is 291 g/mol. The number of benzene rings is 1. The van der Waals surface area contributed by atoms with Crippen LogP contribution in [-0.2, 0) is 11.3 Å². The number of rotatable bonds is 5. The number of carbonyl (C=O) groups is 1. The molecule has 0 spiro atoms. The van der Waals surface area contributed by atoms with Gasteiger partial charge in [-0.05, 0) is 18.4 Å². The van der Waals surface area contributed by atoms with Crippen LogP contribution in [0.2, 0.25) is 0 Å². The van der Waals surface area contributed by atoms with Gasteiger partial charge in [0.05, 0.1) is 0 Å². The third-order valence-corrected chi connectivity index (χ3v) is 4.04. The van der Waals surface area contributed by atoms with Crippen LogP contribution in [0.3, 0.4) is 0 Å². The lowest BCUT2D eigenvalue weighted by Gasteiger charge is -2.36. The molecular weight excluding hydrogens is 266 g/mol. The summed E-state index contributed by atoms with van der Waals surface area (Å²) in [6.07, 6.45) is 1.73. The van der Waals surface area contributed by atoms with Gasteiger partial charge in [0.1, 0.15) is 6.61 Å². The van der Waals surface area contributed by atoms with Gasteiger partial charge in [0, 0.05) is 39.3 Å². The van der Waals surface area contributed by atoms with Crippen LogP contribution in [0.1, 0.15) is 18.4 Å². The third-order valence-electron chi connectivity index (χ3n) is 4.04. The lowest BCUT2D eigenvalue weighted by atomic mass is 10.0. The second kappa shape index (κ2) is 8.00. The Hall–Kier alpha value is -1.59. The predicted molar refractivity (Wildman–Crippen MR) is 82.9 cm³/mol. The molecule has 1 aliphatic rings. The summed E-state index contributed by atoms with van der Waals surface area (Å²) in [5.41, 5.74) is 6.58. The van der Waals surface area contributed by atoms with Gasteiger partial charge in [-0.3, -0.25) is 0 Å². The monoisotopic (exact) mass is 291 g/mol. The van der Waals surface area contributed by atoms with Crippen LogP contribution in [0.25, 0.3) is 0 Å². The fraction of sp³-hybridized carbons (Fsp3) is 0.562. The Bertz CT molecular complexity index is 430. The Morgan fingerprint density at radius 3 is 2.62 bits per heavy atom. The summed E-state index contributed by atoms with van der Waals surface area (Å²) in [5.74, 6) is 0. The molecule has 1 heterocycles. The van der Waals surface area contributed by atoms with E-state index in [2.05, 4.69) is 4.90 Å². The molecule has 1 aromatic carbocycles. The van der Waals surface area contributed by atoms with E-state index in [1.54, 1.807) is 4.90 Å². The van der Waals surface area contributed by atoms with E-state index in [4.69, 9.17) is 10.5 Å². The van der Waals surface area contributed by atoms with Crippen molar-refractivity contribution in [2.75, 3.05) is 33.2 Å². The van der Waals surface area contributed by atoms with Crippen LogP contribution in [0.4, 0.5) is 4.79 Å². The summed E-state index contributed by atoms with van der Waals surface area (Å²) in [6.45, 7) is 3.96. The fourth-order valence-electron chi connectivity index (χ4n) is 2.68. The van der Waals surface area contributed by atoms with E-state index in [1.165, 1.54) is 0 Å². The van der Waals surface area contributed by atoms with E-state index < -0.39 is 0 Å². The topological polar surface area (TPSA) is 58.8 Å². The van der Waals surface area contributed by atoms with Gasteiger partial charge in [0.25, 0.3) is 0 Å². The molecular formula is C16H25N3O2. The minimum absolute atomic E-state index is 0.240. The van der Waals surface area contributed by atoms with Crippen molar-refractivity contribution >= 4 is 6.09 Å². The van der Waals surface area contributed by atoms with E-state index in [0.717, 1.165) is 38.0 Å². The number of hydrogen-bond donors (Lipinski definition) is 1. The second-order valence-electron chi connectivity index (χ2n) is 5.51. The highest BCUT2D eigenvalue weighted by molar-refractivity contribution is 5.67. The summed E-state index contributed by atoms with van der Waals surface area (Å²) in [5, 5.41) is 0. The summed E-state index contributed by atoms with van der Waals surface area (Å²) in [6, 6.07) is 10.0. The number of likely N-dealkylation sites (tertiary alicyclic amines) is 1. The van der Waals surface area contributed by atoms with E-state index >= 15 is 0 Å². The van der Waals surface area contributed by atoms with E-state index in [9.17, 15) is 4.79 Å². The molecule has 1 fully saturated rings. The first-order valence-electron chi connectivity index (χ1n) is 7.56. The Balaban J connectivity index is 1.75. The van der Waals surface area contributed by atoms with Crippen LogP contribution in [0, 0.1) is 0 Å². The van der Waals surface area contributed by atoms with Gasteiger partial charge in [-0.25, -0.2) is 4.79 Å². The largest absolute Gasteiger partial charge is 0.445 e. The molecule has 2 rings (SSSR count). The Labute approximate surface area is 126 Å². The Morgan fingerprint density at radius 1 is 1.33 bits per heavy atom. The number of nitrogens with zero attached hydrogens (tertiary/aromatic N) is 2. The minimum Gasteiger partial charge on any atom is -0.445 e. The lowest BCUT2D eigenvalue weighted by Crippen LogP contribution is -2.46. The van der Waals surface area contributed by atoms with Crippen molar-refractivity contribution < 1.29 is 9.53 Å². The molecule has 116 valence electrons. The molecule has 0 bridgehead atoms. The van der Waals surface area contributed by atoms with Crippen LogP contribution in [0.15, 0.2) is 30.3 Å². The predicted octanol–water partition coefficient (Wildman–Crippen LogP) is 1.68. The van der Waals surface area contributed by atoms with Gasteiger partial charge >= 0.3 is 6.09 Å². The highest BCUT2D eigenvalue weighted by Crippen LogP contribution is 2.16. The molecule has 0 atom stereocenters. The van der Waals surface area contributed by atoms with Crippen molar-refractivity contribution in [1.29, 1.82) is 0 Å². The molecule has 1 aromatic rings. The summed E-state index contributed by atoms with van der Waals surface area (Å²) in [7, 11) is 1.83. The highest BCUT2D eigenvalue weighted by atomic mass is 16.6. The van der Waals surface area contributed by atoms with E-state index in [0.29, 0.717) is 13.2 Å². The number of piperidine rings is 1. The molecule has 0 unspecified atom stereocenters. The molecule has 0 aromatic heterocycles. The molecule has 1 aliphatic heterocycles. The normalized spacial score (nSPS) is 16.7. The quantitative estimate of drug-likeness (QED) is 0.896. The van der Waals surface area contributed by atoms with Gasteiger partial charge in [-0.2, -0.15) is 0 Å². The van der Waals surface area contributed by atoms with Crippen molar-refractivity contribution in [2.24, 2.45) is 5.73 Å². The maximum Gasteiger partial charge on any atom is 0.410 e. The molecule has 5 nitrogen and oxygen atoms in total. The number of amides is 1. The van der Waals surface area contributed by atoms with Gasteiger partial charge in [-0.1, -0.05) is 30.3 Å². The van der Waals surface area contributed by atoms with Crippen LogP contribution in [-0.4, -0.2) is 55.2 Å². The molecule has 21 heavy (non-hydrogen) atoms. The molecule has 2 N–H and O–H groups in total. The van der Waals surface area contributed by atoms with Gasteiger partial charge in [0.2, 0.25) is 0 Å². The zero-order valence-corrected chi connectivity index (χ0v) is 12.7. The van der Waals surface area contributed by atoms with Crippen molar-refractivity contribution in [3.05, 3.63) is 35.9 Å². The van der Waals surface area contributed by atoms with Crippen molar-refractivity contribution in [3.8, 4) is 0 Å². The zero-order chi connectivity index (χ0) is 15.1.